The minimum atomic E-state index is -0.377. The molecule has 4 rings (SSSR count). The first-order chi connectivity index (χ1) is 14.5. The van der Waals surface area contributed by atoms with Crippen LogP contribution < -0.4 is 15.1 Å². The van der Waals surface area contributed by atoms with Gasteiger partial charge in [-0.15, -0.1) is 0 Å². The molecule has 2 aliphatic heterocycles. The summed E-state index contributed by atoms with van der Waals surface area (Å²) < 4.78 is 0. The highest BCUT2D eigenvalue weighted by atomic mass is 35.5. The fourth-order valence-corrected chi connectivity index (χ4v) is 4.27. The molecule has 158 valence electrons. The molecule has 0 radical (unpaired) electrons. The SMILES string of the molecule is CCN1CCN(c2ccccc2NC(=O)C2CC(=O)N(c3ccc(Cl)cc3)C2)CC1. The van der Waals surface area contributed by atoms with Crippen molar-refractivity contribution in [2.75, 3.05) is 54.4 Å². The lowest BCUT2D eigenvalue weighted by Gasteiger charge is -2.36. The van der Waals surface area contributed by atoms with Gasteiger partial charge in [-0.05, 0) is 42.9 Å². The van der Waals surface area contributed by atoms with Crippen molar-refractivity contribution in [3.05, 3.63) is 53.6 Å². The summed E-state index contributed by atoms with van der Waals surface area (Å²) >= 11 is 5.95. The topological polar surface area (TPSA) is 55.9 Å². The van der Waals surface area contributed by atoms with Crippen molar-refractivity contribution in [3.8, 4) is 0 Å². The van der Waals surface area contributed by atoms with Crippen LogP contribution in [0.3, 0.4) is 0 Å². The number of halogens is 1. The van der Waals surface area contributed by atoms with E-state index in [9.17, 15) is 9.59 Å². The number of rotatable bonds is 5. The van der Waals surface area contributed by atoms with Crippen LogP contribution in [0.1, 0.15) is 13.3 Å². The van der Waals surface area contributed by atoms with Crippen LogP contribution in [0.2, 0.25) is 5.02 Å². The van der Waals surface area contributed by atoms with Gasteiger partial charge in [-0.1, -0.05) is 30.7 Å². The van der Waals surface area contributed by atoms with E-state index >= 15 is 0 Å². The number of anilines is 3. The van der Waals surface area contributed by atoms with E-state index in [1.54, 1.807) is 17.0 Å². The molecule has 6 nitrogen and oxygen atoms in total. The molecule has 0 saturated carbocycles. The Bertz CT molecular complexity index is 910. The number of nitrogens with zero attached hydrogens (tertiary/aromatic N) is 3. The number of piperazine rings is 1. The van der Waals surface area contributed by atoms with E-state index in [2.05, 4.69) is 28.1 Å². The molecule has 0 bridgehead atoms. The molecule has 2 heterocycles. The van der Waals surface area contributed by atoms with Gasteiger partial charge in [-0.2, -0.15) is 0 Å². The summed E-state index contributed by atoms with van der Waals surface area (Å²) in [7, 11) is 0. The first kappa shape index (κ1) is 20.7. The third-order valence-electron chi connectivity index (χ3n) is 5.96. The molecule has 1 unspecified atom stereocenters. The number of hydrogen-bond donors (Lipinski definition) is 1. The van der Waals surface area contributed by atoms with E-state index in [0.29, 0.717) is 11.6 Å². The molecular weight excluding hydrogens is 400 g/mol. The number of carbonyl (C=O) groups excluding carboxylic acids is 2. The number of hydrogen-bond acceptors (Lipinski definition) is 4. The predicted octanol–water partition coefficient (Wildman–Crippen LogP) is 3.47. The quantitative estimate of drug-likeness (QED) is 0.795. The van der Waals surface area contributed by atoms with Crippen LogP contribution in [0.4, 0.5) is 17.1 Å². The van der Waals surface area contributed by atoms with Crippen LogP contribution in [-0.4, -0.2) is 56.0 Å². The highest BCUT2D eigenvalue weighted by Gasteiger charge is 2.35. The van der Waals surface area contributed by atoms with Crippen LogP contribution in [0, 0.1) is 5.92 Å². The maximum atomic E-state index is 13.0. The van der Waals surface area contributed by atoms with Crippen molar-refractivity contribution in [1.82, 2.24) is 4.90 Å². The van der Waals surface area contributed by atoms with Gasteiger partial charge in [0.15, 0.2) is 0 Å². The largest absolute Gasteiger partial charge is 0.367 e. The van der Waals surface area contributed by atoms with Gasteiger partial charge >= 0.3 is 0 Å². The summed E-state index contributed by atoms with van der Waals surface area (Å²) in [5.41, 5.74) is 2.62. The molecule has 2 aliphatic rings. The van der Waals surface area contributed by atoms with E-state index in [1.165, 1.54) is 0 Å². The maximum Gasteiger partial charge on any atom is 0.229 e. The van der Waals surface area contributed by atoms with E-state index < -0.39 is 0 Å². The second kappa shape index (κ2) is 9.06. The van der Waals surface area contributed by atoms with Crippen LogP contribution in [0.5, 0.6) is 0 Å². The highest BCUT2D eigenvalue weighted by molar-refractivity contribution is 6.30. The van der Waals surface area contributed by atoms with Gasteiger partial charge in [0.1, 0.15) is 0 Å². The number of benzene rings is 2. The minimum Gasteiger partial charge on any atom is -0.367 e. The second-order valence-corrected chi connectivity index (χ2v) is 8.25. The normalized spacial score (nSPS) is 19.9. The summed E-state index contributed by atoms with van der Waals surface area (Å²) in [5.74, 6) is -0.529. The van der Waals surface area contributed by atoms with Gasteiger partial charge < -0.3 is 20.0 Å². The molecule has 7 heteroatoms. The van der Waals surface area contributed by atoms with Gasteiger partial charge in [0.05, 0.1) is 17.3 Å². The number of nitrogens with one attached hydrogen (secondary N) is 1. The van der Waals surface area contributed by atoms with Crippen molar-refractivity contribution in [2.45, 2.75) is 13.3 Å². The molecule has 1 atom stereocenters. The Morgan fingerprint density at radius 3 is 2.47 bits per heavy atom. The van der Waals surface area contributed by atoms with Crippen LogP contribution >= 0.6 is 11.6 Å². The van der Waals surface area contributed by atoms with Gasteiger partial charge in [0, 0.05) is 49.9 Å². The number of amides is 2. The molecule has 0 spiro atoms. The van der Waals surface area contributed by atoms with E-state index in [1.807, 2.05) is 30.3 Å². The van der Waals surface area contributed by atoms with E-state index in [4.69, 9.17) is 11.6 Å². The van der Waals surface area contributed by atoms with Crippen LogP contribution in [0.25, 0.3) is 0 Å². The Kier molecular flexibility index (Phi) is 6.25. The van der Waals surface area contributed by atoms with E-state index in [-0.39, 0.29) is 24.2 Å². The molecule has 30 heavy (non-hydrogen) atoms. The summed E-state index contributed by atoms with van der Waals surface area (Å²) in [5, 5.41) is 3.70. The third kappa shape index (κ3) is 4.45. The van der Waals surface area contributed by atoms with Gasteiger partial charge in [-0.25, -0.2) is 0 Å². The first-order valence-corrected chi connectivity index (χ1v) is 10.9. The molecular formula is C23H27ClN4O2. The third-order valence-corrected chi connectivity index (χ3v) is 6.21. The Hall–Kier alpha value is -2.57. The van der Waals surface area contributed by atoms with Crippen molar-refractivity contribution in [1.29, 1.82) is 0 Å². The lowest BCUT2D eigenvalue weighted by atomic mass is 10.1. The molecule has 2 aromatic rings. The smallest absolute Gasteiger partial charge is 0.229 e. The molecule has 0 aliphatic carbocycles. The van der Waals surface area contributed by atoms with Gasteiger partial charge in [-0.3, -0.25) is 9.59 Å². The zero-order valence-electron chi connectivity index (χ0n) is 17.2. The van der Waals surface area contributed by atoms with Crippen molar-refractivity contribution < 1.29 is 9.59 Å². The Morgan fingerprint density at radius 2 is 1.77 bits per heavy atom. The van der Waals surface area contributed by atoms with Crippen LogP contribution in [0.15, 0.2) is 48.5 Å². The van der Waals surface area contributed by atoms with Crippen molar-refractivity contribution in [2.24, 2.45) is 5.92 Å². The zero-order valence-corrected chi connectivity index (χ0v) is 17.9. The Labute approximate surface area is 182 Å². The van der Waals surface area contributed by atoms with Gasteiger partial charge in [0.25, 0.3) is 0 Å². The average molecular weight is 427 g/mol. The molecule has 2 fully saturated rings. The zero-order chi connectivity index (χ0) is 21.1. The maximum absolute atomic E-state index is 13.0. The molecule has 0 aromatic heterocycles. The minimum absolute atomic E-state index is 0.0403. The number of carbonyl (C=O) groups is 2. The van der Waals surface area contributed by atoms with Crippen LogP contribution in [-0.2, 0) is 9.59 Å². The van der Waals surface area contributed by atoms with Crippen molar-refractivity contribution in [3.63, 3.8) is 0 Å². The predicted molar refractivity (Wildman–Crippen MR) is 121 cm³/mol. The number of para-hydroxylation sites is 2. The lowest BCUT2D eigenvalue weighted by molar-refractivity contribution is -0.122. The fourth-order valence-electron chi connectivity index (χ4n) is 4.15. The first-order valence-electron chi connectivity index (χ1n) is 10.5. The highest BCUT2D eigenvalue weighted by Crippen LogP contribution is 2.30. The summed E-state index contributed by atoms with van der Waals surface area (Å²) in [6.07, 6.45) is 0.214. The molecule has 2 saturated heterocycles. The van der Waals surface area contributed by atoms with Gasteiger partial charge in [0.2, 0.25) is 11.8 Å². The Morgan fingerprint density at radius 1 is 1.07 bits per heavy atom. The fraction of sp³-hybridized carbons (Fsp3) is 0.391. The number of likely N-dealkylation sites (N-methyl/N-ethyl adjacent to an activating group) is 1. The molecule has 1 N–H and O–H groups in total. The summed E-state index contributed by atoms with van der Waals surface area (Å²) in [6, 6.07) is 15.1. The lowest BCUT2D eigenvalue weighted by Crippen LogP contribution is -2.46. The Balaban J connectivity index is 1.43. The molecule has 2 aromatic carbocycles. The summed E-state index contributed by atoms with van der Waals surface area (Å²) in [4.78, 5) is 31.9. The average Bonchev–Trinajstić information content (AvgIpc) is 3.16. The summed E-state index contributed by atoms with van der Waals surface area (Å²) in [6.45, 7) is 7.54. The standard InChI is InChI=1S/C23H27ClN4O2/c1-2-26-11-13-27(14-12-26)21-6-4-3-5-20(21)25-23(30)17-15-22(29)28(16-17)19-9-7-18(24)8-10-19/h3-10,17H,2,11-16H2,1H3,(H,25,30). The van der Waals surface area contributed by atoms with Crippen molar-refractivity contribution >= 4 is 40.5 Å². The monoisotopic (exact) mass is 426 g/mol. The second-order valence-electron chi connectivity index (χ2n) is 7.81. The molecule has 2 amide bonds. The van der Waals surface area contributed by atoms with E-state index in [0.717, 1.165) is 49.8 Å².